The molecule has 164 valence electrons. The lowest BCUT2D eigenvalue weighted by Gasteiger charge is -2.32. The van der Waals surface area contributed by atoms with Crippen LogP contribution in [-0.4, -0.2) is 58.3 Å². The van der Waals surface area contributed by atoms with Crippen LogP contribution < -0.4 is 5.32 Å². The van der Waals surface area contributed by atoms with Gasteiger partial charge in [0.2, 0.25) is 0 Å². The minimum atomic E-state index is -1.27. The third-order valence-electron chi connectivity index (χ3n) is 5.21. The molecule has 4 amide bonds. The molecule has 0 radical (unpaired) electrons. The normalized spacial score (nSPS) is 19.8. The molecule has 0 aliphatic carbocycles. The number of urea groups is 1. The van der Waals surface area contributed by atoms with Crippen molar-refractivity contribution in [2.75, 3.05) is 6.54 Å². The number of carbonyl (C=O) groups excluding carboxylic acids is 4. The fourth-order valence-electron chi connectivity index (χ4n) is 3.65. The topological polar surface area (TPSA) is 96.0 Å². The maximum absolute atomic E-state index is 12.9. The van der Waals surface area contributed by atoms with Crippen molar-refractivity contribution in [2.24, 2.45) is 0 Å². The van der Waals surface area contributed by atoms with Crippen LogP contribution in [0, 0.1) is 6.92 Å². The summed E-state index contributed by atoms with van der Waals surface area (Å²) in [6, 6.07) is 6.44. The zero-order chi connectivity index (χ0) is 22.8. The molecule has 1 heterocycles. The second-order valence-corrected chi connectivity index (χ2v) is 8.38. The summed E-state index contributed by atoms with van der Waals surface area (Å²) in [5.41, 5.74) is 0.379. The van der Waals surface area contributed by atoms with Gasteiger partial charge in [0.25, 0.3) is 11.8 Å². The molecule has 0 unspecified atom stereocenters. The number of nitrogens with zero attached hydrogens (tertiary/aromatic N) is 2. The largest absolute Gasteiger partial charge is 0.451 e. The summed E-state index contributed by atoms with van der Waals surface area (Å²) >= 11 is 0. The summed E-state index contributed by atoms with van der Waals surface area (Å²) in [6.45, 7) is 12.0. The highest BCUT2D eigenvalue weighted by molar-refractivity contribution is 6.08. The van der Waals surface area contributed by atoms with Crippen LogP contribution in [0.15, 0.2) is 24.3 Å². The first-order chi connectivity index (χ1) is 13.9. The lowest BCUT2D eigenvalue weighted by atomic mass is 9.91. The highest BCUT2D eigenvalue weighted by Gasteiger charge is 2.49. The molecule has 1 aromatic carbocycles. The van der Waals surface area contributed by atoms with Crippen molar-refractivity contribution in [3.8, 4) is 0 Å². The van der Waals surface area contributed by atoms with Crippen LogP contribution in [0.4, 0.5) is 4.79 Å². The first-order valence-corrected chi connectivity index (χ1v) is 10.1. The number of benzene rings is 1. The summed E-state index contributed by atoms with van der Waals surface area (Å²) in [7, 11) is 0. The van der Waals surface area contributed by atoms with Crippen molar-refractivity contribution in [1.29, 1.82) is 0 Å². The van der Waals surface area contributed by atoms with Gasteiger partial charge in [-0.3, -0.25) is 19.3 Å². The van der Waals surface area contributed by atoms with Crippen molar-refractivity contribution in [3.05, 3.63) is 35.4 Å². The van der Waals surface area contributed by atoms with Crippen LogP contribution in [0.25, 0.3) is 0 Å². The van der Waals surface area contributed by atoms with E-state index in [0.29, 0.717) is 5.56 Å². The number of amides is 4. The number of aryl methyl sites for hydroxylation is 1. The first-order valence-electron chi connectivity index (χ1n) is 10.1. The van der Waals surface area contributed by atoms with Crippen LogP contribution >= 0.6 is 0 Å². The minimum absolute atomic E-state index is 0.0557. The van der Waals surface area contributed by atoms with E-state index in [0.717, 1.165) is 10.5 Å². The van der Waals surface area contributed by atoms with E-state index in [1.54, 1.807) is 24.0 Å². The quantitative estimate of drug-likeness (QED) is 0.543. The van der Waals surface area contributed by atoms with E-state index in [4.69, 9.17) is 4.74 Å². The van der Waals surface area contributed by atoms with Crippen molar-refractivity contribution in [1.82, 2.24) is 15.1 Å². The summed E-state index contributed by atoms with van der Waals surface area (Å²) in [5, 5.41) is 2.65. The van der Waals surface area contributed by atoms with Gasteiger partial charge in [0.1, 0.15) is 12.1 Å². The molecule has 8 nitrogen and oxygen atoms in total. The molecular formula is C22H31N3O5. The molecule has 0 bridgehead atoms. The van der Waals surface area contributed by atoms with E-state index in [1.165, 1.54) is 6.92 Å². The molecule has 1 aliphatic heterocycles. The van der Waals surface area contributed by atoms with Gasteiger partial charge in [-0.25, -0.2) is 4.79 Å². The average Bonchev–Trinajstić information content (AvgIpc) is 2.85. The number of nitrogens with one attached hydrogen (secondary N) is 1. The van der Waals surface area contributed by atoms with E-state index in [1.807, 2.05) is 46.8 Å². The molecule has 1 saturated heterocycles. The van der Waals surface area contributed by atoms with E-state index in [2.05, 4.69) is 5.32 Å². The van der Waals surface area contributed by atoms with Crippen LogP contribution in [0.2, 0.25) is 0 Å². The molecule has 30 heavy (non-hydrogen) atoms. The first kappa shape index (κ1) is 23.4. The van der Waals surface area contributed by atoms with E-state index >= 15 is 0 Å². The summed E-state index contributed by atoms with van der Waals surface area (Å²) in [6.07, 6.45) is -1.02. The van der Waals surface area contributed by atoms with Crippen LogP contribution in [0.3, 0.4) is 0 Å². The van der Waals surface area contributed by atoms with E-state index in [9.17, 15) is 19.2 Å². The minimum Gasteiger partial charge on any atom is -0.451 e. The summed E-state index contributed by atoms with van der Waals surface area (Å²) in [5.74, 6) is -1.69. The second-order valence-electron chi connectivity index (χ2n) is 8.38. The van der Waals surface area contributed by atoms with Crippen molar-refractivity contribution >= 4 is 23.8 Å². The smallest absolute Gasteiger partial charge is 0.327 e. The average molecular weight is 418 g/mol. The molecule has 0 saturated carbocycles. The number of imide groups is 1. The van der Waals surface area contributed by atoms with E-state index < -0.39 is 36.1 Å². The molecule has 0 aromatic heterocycles. The lowest BCUT2D eigenvalue weighted by Crippen LogP contribution is -2.48. The zero-order valence-corrected chi connectivity index (χ0v) is 18.7. The van der Waals surface area contributed by atoms with Crippen LogP contribution in [0.5, 0.6) is 0 Å². The van der Waals surface area contributed by atoms with Gasteiger partial charge >= 0.3 is 12.0 Å². The SMILES string of the molecule is Cc1ccc([C@@]2(C)NC(=O)N(CC(=O)O[C@H](C)C(=O)N(C(C)C)C(C)C)C2=O)cc1. The molecule has 1 fully saturated rings. The van der Waals surface area contributed by atoms with Crippen molar-refractivity contribution in [3.63, 3.8) is 0 Å². The maximum atomic E-state index is 12.9. The molecule has 2 atom stereocenters. The predicted octanol–water partition coefficient (Wildman–Crippen LogP) is 2.34. The highest BCUT2D eigenvalue weighted by atomic mass is 16.5. The van der Waals surface area contributed by atoms with Gasteiger partial charge in [-0.15, -0.1) is 0 Å². The van der Waals surface area contributed by atoms with Crippen molar-refractivity contribution in [2.45, 2.75) is 72.2 Å². The van der Waals surface area contributed by atoms with Crippen LogP contribution in [0.1, 0.15) is 52.7 Å². The Bertz CT molecular complexity index is 826. The molecule has 8 heteroatoms. The number of hydrogen-bond acceptors (Lipinski definition) is 5. The van der Waals surface area contributed by atoms with Gasteiger partial charge in [-0.05, 0) is 54.0 Å². The van der Waals surface area contributed by atoms with E-state index in [-0.39, 0.29) is 18.0 Å². The van der Waals surface area contributed by atoms with Gasteiger partial charge in [-0.1, -0.05) is 29.8 Å². The zero-order valence-electron chi connectivity index (χ0n) is 18.7. The molecular weight excluding hydrogens is 386 g/mol. The fraction of sp³-hybridized carbons (Fsp3) is 0.545. The Hall–Kier alpha value is -2.90. The Labute approximate surface area is 177 Å². The molecule has 1 N–H and O–H groups in total. The summed E-state index contributed by atoms with van der Waals surface area (Å²) < 4.78 is 5.24. The molecule has 1 aliphatic rings. The lowest BCUT2D eigenvalue weighted by molar-refractivity contribution is -0.162. The number of rotatable bonds is 7. The van der Waals surface area contributed by atoms with Gasteiger partial charge in [0, 0.05) is 12.1 Å². The van der Waals surface area contributed by atoms with Crippen LogP contribution in [-0.2, 0) is 24.7 Å². The number of hydrogen-bond donors (Lipinski definition) is 1. The number of ether oxygens (including phenoxy) is 1. The second kappa shape index (κ2) is 8.85. The van der Waals surface area contributed by atoms with Gasteiger partial charge in [0.15, 0.2) is 6.10 Å². The number of carbonyl (C=O) groups is 4. The Morgan fingerprint density at radius 1 is 1.07 bits per heavy atom. The third kappa shape index (κ3) is 4.63. The summed E-state index contributed by atoms with van der Waals surface area (Å²) in [4.78, 5) is 52.8. The van der Waals surface area contributed by atoms with Gasteiger partial charge in [0.05, 0.1) is 0 Å². The Balaban J connectivity index is 2.08. The predicted molar refractivity (Wildman–Crippen MR) is 111 cm³/mol. The Morgan fingerprint density at radius 3 is 2.10 bits per heavy atom. The fourth-order valence-corrected chi connectivity index (χ4v) is 3.65. The van der Waals surface area contributed by atoms with Gasteiger partial charge < -0.3 is 15.0 Å². The van der Waals surface area contributed by atoms with Crippen molar-refractivity contribution < 1.29 is 23.9 Å². The molecule has 2 rings (SSSR count). The Morgan fingerprint density at radius 2 is 1.60 bits per heavy atom. The number of esters is 1. The molecule has 0 spiro atoms. The standard InChI is InChI=1S/C22H31N3O5/c1-13(2)25(14(3)4)19(27)16(6)30-18(26)12-24-20(28)22(7,23-21(24)29)17-10-8-15(5)9-11-17/h8-11,13-14,16H,12H2,1-7H3,(H,23,29)/t16-,22-/m1/s1. The van der Waals surface area contributed by atoms with Gasteiger partial charge in [-0.2, -0.15) is 0 Å². The molecule has 1 aromatic rings. The third-order valence-corrected chi connectivity index (χ3v) is 5.21. The maximum Gasteiger partial charge on any atom is 0.327 e. The Kier molecular flexibility index (Phi) is 6.90. The monoisotopic (exact) mass is 417 g/mol. The highest BCUT2D eigenvalue weighted by Crippen LogP contribution is 2.29.